The van der Waals surface area contributed by atoms with E-state index in [0.29, 0.717) is 6.04 Å². The van der Waals surface area contributed by atoms with Gasteiger partial charge < -0.3 is 4.90 Å². The van der Waals surface area contributed by atoms with E-state index in [9.17, 15) is 4.79 Å². The van der Waals surface area contributed by atoms with Gasteiger partial charge in [-0.05, 0) is 13.3 Å². The van der Waals surface area contributed by atoms with E-state index in [1.165, 1.54) is 6.42 Å². The summed E-state index contributed by atoms with van der Waals surface area (Å²) in [5.41, 5.74) is -0.238. The molecule has 0 aromatic heterocycles. The van der Waals surface area contributed by atoms with Gasteiger partial charge in [-0.1, -0.05) is 27.7 Å². The second kappa shape index (κ2) is 5.17. The third-order valence-electron chi connectivity index (χ3n) is 3.46. The van der Waals surface area contributed by atoms with Crippen molar-refractivity contribution in [3.8, 4) is 0 Å². The number of hydrogen-bond acceptors (Lipinski definition) is 2. The van der Waals surface area contributed by atoms with E-state index in [4.69, 9.17) is 0 Å². The first kappa shape index (κ1) is 13.5. The van der Waals surface area contributed by atoms with Crippen molar-refractivity contribution in [1.82, 2.24) is 9.80 Å². The highest BCUT2D eigenvalue weighted by atomic mass is 16.2. The minimum atomic E-state index is -0.238. The molecular weight excluding hydrogens is 200 g/mol. The molecule has 3 nitrogen and oxygen atoms in total. The molecule has 16 heavy (non-hydrogen) atoms. The van der Waals surface area contributed by atoms with Gasteiger partial charge in [0, 0.05) is 37.6 Å². The minimum absolute atomic E-state index is 0.238. The molecule has 1 rings (SSSR count). The van der Waals surface area contributed by atoms with Gasteiger partial charge in [-0.25, -0.2) is 0 Å². The summed E-state index contributed by atoms with van der Waals surface area (Å²) >= 11 is 0. The maximum absolute atomic E-state index is 12.1. The molecule has 94 valence electrons. The zero-order chi connectivity index (χ0) is 12.3. The molecular formula is C13H26N2O. The molecule has 1 unspecified atom stereocenters. The highest BCUT2D eigenvalue weighted by Crippen LogP contribution is 2.19. The number of nitrogens with zero attached hydrogens (tertiary/aromatic N) is 2. The third kappa shape index (κ3) is 3.21. The van der Waals surface area contributed by atoms with Crippen molar-refractivity contribution in [1.29, 1.82) is 0 Å². The van der Waals surface area contributed by atoms with Crippen molar-refractivity contribution in [3.63, 3.8) is 0 Å². The molecule has 0 aliphatic carbocycles. The Balaban J connectivity index is 2.46. The van der Waals surface area contributed by atoms with Crippen LogP contribution in [0.2, 0.25) is 0 Å². The quantitative estimate of drug-likeness (QED) is 0.719. The van der Waals surface area contributed by atoms with E-state index in [0.717, 1.165) is 26.2 Å². The average molecular weight is 226 g/mol. The number of carbonyl (C=O) groups excluding carboxylic acids is 1. The molecule has 0 aromatic carbocycles. The predicted octanol–water partition coefficient (Wildman–Crippen LogP) is 1.98. The molecule has 0 aromatic rings. The van der Waals surface area contributed by atoms with Crippen molar-refractivity contribution in [2.24, 2.45) is 5.41 Å². The van der Waals surface area contributed by atoms with E-state index in [1.54, 1.807) is 0 Å². The molecule has 1 heterocycles. The smallest absolute Gasteiger partial charge is 0.228 e. The van der Waals surface area contributed by atoms with Crippen LogP contribution < -0.4 is 0 Å². The van der Waals surface area contributed by atoms with Gasteiger partial charge in [0.15, 0.2) is 0 Å². The lowest BCUT2D eigenvalue weighted by Gasteiger charge is -2.40. The summed E-state index contributed by atoms with van der Waals surface area (Å²) in [5.74, 6) is 0.288. The number of piperazine rings is 1. The monoisotopic (exact) mass is 226 g/mol. The van der Waals surface area contributed by atoms with Crippen LogP contribution in [0.5, 0.6) is 0 Å². The summed E-state index contributed by atoms with van der Waals surface area (Å²) in [6, 6.07) is 0.645. The van der Waals surface area contributed by atoms with Gasteiger partial charge in [0.25, 0.3) is 0 Å². The fourth-order valence-corrected chi connectivity index (χ4v) is 2.10. The van der Waals surface area contributed by atoms with Gasteiger partial charge in [-0.3, -0.25) is 9.69 Å². The Hall–Kier alpha value is -0.570. The average Bonchev–Trinajstić information content (AvgIpc) is 2.26. The topological polar surface area (TPSA) is 23.6 Å². The molecule has 1 aliphatic heterocycles. The lowest BCUT2D eigenvalue weighted by Crippen LogP contribution is -2.53. The molecule has 3 heteroatoms. The van der Waals surface area contributed by atoms with Crippen LogP contribution in [-0.2, 0) is 4.79 Å². The molecule has 0 saturated carbocycles. The van der Waals surface area contributed by atoms with Crippen LogP contribution in [-0.4, -0.2) is 47.9 Å². The molecule has 0 spiro atoms. The molecule has 1 fully saturated rings. The Labute approximate surface area is 99.8 Å². The van der Waals surface area contributed by atoms with Gasteiger partial charge in [-0.2, -0.15) is 0 Å². The Bertz CT molecular complexity index is 237. The Morgan fingerprint density at radius 3 is 2.06 bits per heavy atom. The zero-order valence-corrected chi connectivity index (χ0v) is 11.4. The predicted molar refractivity (Wildman–Crippen MR) is 67.4 cm³/mol. The van der Waals surface area contributed by atoms with Crippen molar-refractivity contribution in [3.05, 3.63) is 0 Å². The van der Waals surface area contributed by atoms with Gasteiger partial charge in [-0.15, -0.1) is 0 Å². The number of amides is 1. The molecule has 1 atom stereocenters. The highest BCUT2D eigenvalue weighted by molar-refractivity contribution is 5.81. The van der Waals surface area contributed by atoms with Crippen LogP contribution in [0.3, 0.4) is 0 Å². The summed E-state index contributed by atoms with van der Waals surface area (Å²) in [4.78, 5) is 16.6. The van der Waals surface area contributed by atoms with E-state index in [1.807, 2.05) is 25.7 Å². The zero-order valence-electron chi connectivity index (χ0n) is 11.4. The molecule has 1 aliphatic rings. The summed E-state index contributed by atoms with van der Waals surface area (Å²) in [6.45, 7) is 14.3. The largest absolute Gasteiger partial charge is 0.340 e. The first-order valence-electron chi connectivity index (χ1n) is 6.39. The van der Waals surface area contributed by atoms with Crippen LogP contribution in [0.25, 0.3) is 0 Å². The van der Waals surface area contributed by atoms with Crippen LogP contribution in [0, 0.1) is 5.41 Å². The van der Waals surface area contributed by atoms with Gasteiger partial charge in [0.1, 0.15) is 0 Å². The molecule has 1 saturated heterocycles. The number of carbonyl (C=O) groups is 1. The van der Waals surface area contributed by atoms with Gasteiger partial charge in [0.2, 0.25) is 5.91 Å². The van der Waals surface area contributed by atoms with Crippen LogP contribution in [0.4, 0.5) is 0 Å². The molecule has 0 radical (unpaired) electrons. The summed E-state index contributed by atoms with van der Waals surface area (Å²) in [6.07, 6.45) is 1.19. The highest BCUT2D eigenvalue weighted by Gasteiger charge is 2.30. The maximum atomic E-state index is 12.1. The molecule has 0 N–H and O–H groups in total. The Morgan fingerprint density at radius 2 is 1.69 bits per heavy atom. The van der Waals surface area contributed by atoms with Gasteiger partial charge >= 0.3 is 0 Å². The number of hydrogen-bond donors (Lipinski definition) is 0. The fourth-order valence-electron chi connectivity index (χ4n) is 2.10. The standard InChI is InChI=1S/C13H26N2O/c1-6-11(2)14-7-9-15(10-8-14)12(16)13(3,4)5/h11H,6-10H2,1-5H3. The number of rotatable bonds is 2. The molecule has 0 bridgehead atoms. The van der Waals surface area contributed by atoms with Crippen molar-refractivity contribution < 1.29 is 4.79 Å². The normalized spacial score (nSPS) is 20.9. The SMILES string of the molecule is CCC(C)N1CCN(C(=O)C(C)(C)C)CC1. The molecule has 1 amide bonds. The second-order valence-corrected chi connectivity index (χ2v) is 5.84. The minimum Gasteiger partial charge on any atom is -0.340 e. The first-order chi connectivity index (χ1) is 7.36. The van der Waals surface area contributed by atoms with Gasteiger partial charge in [0.05, 0.1) is 0 Å². The maximum Gasteiger partial charge on any atom is 0.228 e. The lowest BCUT2D eigenvalue weighted by atomic mass is 9.94. The Morgan fingerprint density at radius 1 is 1.19 bits per heavy atom. The van der Waals surface area contributed by atoms with E-state index in [-0.39, 0.29) is 11.3 Å². The Kier molecular flexibility index (Phi) is 4.36. The third-order valence-corrected chi connectivity index (χ3v) is 3.46. The van der Waals surface area contributed by atoms with Crippen molar-refractivity contribution in [2.45, 2.75) is 47.1 Å². The second-order valence-electron chi connectivity index (χ2n) is 5.84. The summed E-state index contributed by atoms with van der Waals surface area (Å²) < 4.78 is 0. The van der Waals surface area contributed by atoms with E-state index < -0.39 is 0 Å². The van der Waals surface area contributed by atoms with Crippen LogP contribution in [0.15, 0.2) is 0 Å². The first-order valence-corrected chi connectivity index (χ1v) is 6.39. The van der Waals surface area contributed by atoms with Crippen molar-refractivity contribution in [2.75, 3.05) is 26.2 Å². The van der Waals surface area contributed by atoms with Crippen molar-refractivity contribution >= 4 is 5.91 Å². The van der Waals surface area contributed by atoms with E-state index >= 15 is 0 Å². The fraction of sp³-hybridized carbons (Fsp3) is 0.923. The van der Waals surface area contributed by atoms with E-state index in [2.05, 4.69) is 18.7 Å². The summed E-state index contributed by atoms with van der Waals surface area (Å²) in [5, 5.41) is 0. The van der Waals surface area contributed by atoms with Crippen LogP contribution >= 0.6 is 0 Å². The van der Waals surface area contributed by atoms with Crippen LogP contribution in [0.1, 0.15) is 41.0 Å². The lowest BCUT2D eigenvalue weighted by molar-refractivity contribution is -0.141. The summed E-state index contributed by atoms with van der Waals surface area (Å²) in [7, 11) is 0.